The zero-order chi connectivity index (χ0) is 12.6. The molecule has 1 aliphatic carbocycles. The Labute approximate surface area is 109 Å². The zero-order valence-corrected chi connectivity index (χ0v) is 11.7. The van der Waals surface area contributed by atoms with E-state index in [9.17, 15) is 4.39 Å². The summed E-state index contributed by atoms with van der Waals surface area (Å²) < 4.78 is 19.7. The second kappa shape index (κ2) is 4.58. The number of halogens is 2. The molecule has 0 saturated heterocycles. The Kier molecular flexibility index (Phi) is 3.46. The first-order valence-corrected chi connectivity index (χ1v) is 6.58. The molecule has 0 aliphatic heterocycles. The van der Waals surface area contributed by atoms with Crippen LogP contribution < -0.4 is 10.5 Å². The second-order valence-corrected chi connectivity index (χ2v) is 5.57. The molecule has 0 heterocycles. The summed E-state index contributed by atoms with van der Waals surface area (Å²) in [6, 6.07) is 1.83. The highest BCUT2D eigenvalue weighted by Crippen LogP contribution is 2.48. The first-order chi connectivity index (χ1) is 8.05. The summed E-state index contributed by atoms with van der Waals surface area (Å²) >= 11 is 3.26. The van der Waals surface area contributed by atoms with Crippen molar-refractivity contribution < 1.29 is 9.13 Å². The van der Waals surface area contributed by atoms with Crippen molar-refractivity contribution in [1.29, 1.82) is 0 Å². The summed E-state index contributed by atoms with van der Waals surface area (Å²) in [6.07, 6.45) is 3.28. The summed E-state index contributed by atoms with van der Waals surface area (Å²) in [6.45, 7) is 2.33. The van der Waals surface area contributed by atoms with E-state index in [0.717, 1.165) is 18.4 Å². The van der Waals surface area contributed by atoms with Crippen molar-refractivity contribution in [1.82, 2.24) is 0 Å². The third-order valence-corrected chi connectivity index (χ3v) is 4.45. The highest BCUT2D eigenvalue weighted by Gasteiger charge is 2.40. The van der Waals surface area contributed by atoms with E-state index in [-0.39, 0.29) is 11.2 Å². The second-order valence-electron chi connectivity index (χ2n) is 4.72. The van der Waals surface area contributed by atoms with E-state index in [2.05, 4.69) is 15.9 Å². The lowest BCUT2D eigenvalue weighted by atomic mass is 9.64. The maximum atomic E-state index is 13.8. The molecule has 4 heteroatoms. The number of hydrogen-bond acceptors (Lipinski definition) is 2. The van der Waals surface area contributed by atoms with Gasteiger partial charge in [-0.2, -0.15) is 0 Å². The van der Waals surface area contributed by atoms with Gasteiger partial charge in [-0.25, -0.2) is 4.39 Å². The first kappa shape index (κ1) is 12.8. The van der Waals surface area contributed by atoms with Gasteiger partial charge in [0.15, 0.2) is 0 Å². The van der Waals surface area contributed by atoms with Crippen LogP contribution in [-0.2, 0) is 5.41 Å². The number of ether oxygens (including phenoxy) is 1. The average molecular weight is 302 g/mol. The smallest absolute Gasteiger partial charge is 0.143 e. The van der Waals surface area contributed by atoms with Crippen molar-refractivity contribution in [2.24, 2.45) is 5.73 Å². The van der Waals surface area contributed by atoms with Gasteiger partial charge in [0.1, 0.15) is 11.6 Å². The van der Waals surface area contributed by atoms with Gasteiger partial charge in [0.05, 0.1) is 11.6 Å². The van der Waals surface area contributed by atoms with Crippen LogP contribution in [0, 0.1) is 12.7 Å². The molecule has 0 amide bonds. The van der Waals surface area contributed by atoms with Crippen molar-refractivity contribution in [3.05, 3.63) is 27.5 Å². The largest absolute Gasteiger partial charge is 0.496 e. The van der Waals surface area contributed by atoms with Crippen molar-refractivity contribution in [3.8, 4) is 5.75 Å². The lowest BCUT2D eigenvalue weighted by Crippen LogP contribution is -2.42. The van der Waals surface area contributed by atoms with Gasteiger partial charge in [-0.05, 0) is 41.8 Å². The molecule has 0 aromatic heterocycles. The van der Waals surface area contributed by atoms with Crippen molar-refractivity contribution >= 4 is 15.9 Å². The fourth-order valence-corrected chi connectivity index (χ4v) is 3.11. The van der Waals surface area contributed by atoms with E-state index in [1.807, 2.05) is 6.07 Å². The average Bonchev–Trinajstić information content (AvgIpc) is 2.26. The van der Waals surface area contributed by atoms with Gasteiger partial charge in [-0.15, -0.1) is 0 Å². The van der Waals surface area contributed by atoms with E-state index in [1.165, 1.54) is 6.42 Å². The van der Waals surface area contributed by atoms with Gasteiger partial charge < -0.3 is 10.5 Å². The molecule has 0 bridgehead atoms. The Morgan fingerprint density at radius 2 is 2.18 bits per heavy atom. The zero-order valence-electron chi connectivity index (χ0n) is 10.1. The highest BCUT2D eigenvalue weighted by molar-refractivity contribution is 9.10. The molecular formula is C13H17BrFNO. The molecule has 0 radical (unpaired) electrons. The van der Waals surface area contributed by atoms with E-state index >= 15 is 0 Å². The SMILES string of the molecule is COc1c(C2(CN)CCC2)cc(Br)c(F)c1C. The van der Waals surface area contributed by atoms with Gasteiger partial charge in [0.2, 0.25) is 0 Å². The van der Waals surface area contributed by atoms with E-state index < -0.39 is 0 Å². The lowest BCUT2D eigenvalue weighted by molar-refractivity contribution is 0.242. The molecule has 2 rings (SSSR count). The van der Waals surface area contributed by atoms with Crippen LogP contribution in [0.5, 0.6) is 5.75 Å². The standard InChI is InChI=1S/C13H17BrFNO/c1-8-11(15)10(14)6-9(12(8)17-2)13(7-16)4-3-5-13/h6H,3-5,7,16H2,1-2H3. The molecule has 2 N–H and O–H groups in total. The van der Waals surface area contributed by atoms with Gasteiger partial charge in [-0.1, -0.05) is 6.42 Å². The Hall–Kier alpha value is -0.610. The molecule has 0 unspecified atom stereocenters. The lowest BCUT2D eigenvalue weighted by Gasteiger charge is -2.42. The minimum atomic E-state index is -0.253. The summed E-state index contributed by atoms with van der Waals surface area (Å²) in [7, 11) is 1.59. The first-order valence-electron chi connectivity index (χ1n) is 5.79. The van der Waals surface area contributed by atoms with Crippen LogP contribution >= 0.6 is 15.9 Å². The highest BCUT2D eigenvalue weighted by atomic mass is 79.9. The van der Waals surface area contributed by atoms with Gasteiger partial charge in [0, 0.05) is 23.1 Å². The summed E-state index contributed by atoms with van der Waals surface area (Å²) in [5, 5.41) is 0. The predicted molar refractivity (Wildman–Crippen MR) is 70.0 cm³/mol. The fraction of sp³-hybridized carbons (Fsp3) is 0.538. The van der Waals surface area contributed by atoms with Crippen LogP contribution in [-0.4, -0.2) is 13.7 Å². The van der Waals surface area contributed by atoms with Crippen LogP contribution in [0.15, 0.2) is 10.5 Å². The van der Waals surface area contributed by atoms with Crippen LogP contribution in [0.25, 0.3) is 0 Å². The van der Waals surface area contributed by atoms with Crippen molar-refractivity contribution in [3.63, 3.8) is 0 Å². The van der Waals surface area contributed by atoms with Gasteiger partial charge in [-0.3, -0.25) is 0 Å². The molecule has 1 aromatic rings. The molecule has 17 heavy (non-hydrogen) atoms. The Morgan fingerprint density at radius 1 is 1.53 bits per heavy atom. The van der Waals surface area contributed by atoms with Crippen molar-refractivity contribution in [2.75, 3.05) is 13.7 Å². The molecule has 1 saturated carbocycles. The Balaban J connectivity index is 2.60. The van der Waals surface area contributed by atoms with Crippen LogP contribution in [0.2, 0.25) is 0 Å². The Bertz CT molecular complexity index is 438. The van der Waals surface area contributed by atoms with Crippen molar-refractivity contribution in [2.45, 2.75) is 31.6 Å². The minimum absolute atomic E-state index is 0.0215. The third-order valence-electron chi connectivity index (χ3n) is 3.87. The van der Waals surface area contributed by atoms with Crippen LogP contribution in [0.4, 0.5) is 4.39 Å². The van der Waals surface area contributed by atoms with E-state index in [1.54, 1.807) is 14.0 Å². The number of hydrogen-bond donors (Lipinski definition) is 1. The summed E-state index contributed by atoms with van der Waals surface area (Å²) in [5.41, 5.74) is 7.47. The number of methoxy groups -OCH3 is 1. The predicted octanol–water partition coefficient (Wildman–Crippen LogP) is 3.29. The summed E-state index contributed by atoms with van der Waals surface area (Å²) in [4.78, 5) is 0. The molecule has 2 nitrogen and oxygen atoms in total. The van der Waals surface area contributed by atoms with E-state index in [0.29, 0.717) is 22.3 Å². The monoisotopic (exact) mass is 301 g/mol. The minimum Gasteiger partial charge on any atom is -0.496 e. The molecule has 0 atom stereocenters. The van der Waals surface area contributed by atoms with E-state index in [4.69, 9.17) is 10.5 Å². The van der Waals surface area contributed by atoms with Gasteiger partial charge >= 0.3 is 0 Å². The Morgan fingerprint density at radius 3 is 2.59 bits per heavy atom. The maximum absolute atomic E-state index is 13.8. The molecule has 1 aliphatic rings. The molecule has 1 aromatic carbocycles. The number of rotatable bonds is 3. The van der Waals surface area contributed by atoms with Crippen LogP contribution in [0.3, 0.4) is 0 Å². The molecular weight excluding hydrogens is 285 g/mol. The fourth-order valence-electron chi connectivity index (χ4n) is 2.58. The quantitative estimate of drug-likeness (QED) is 0.930. The van der Waals surface area contributed by atoms with Gasteiger partial charge in [0.25, 0.3) is 0 Å². The van der Waals surface area contributed by atoms with Crippen LogP contribution in [0.1, 0.15) is 30.4 Å². The molecule has 94 valence electrons. The third kappa shape index (κ3) is 1.87. The molecule has 1 fully saturated rings. The maximum Gasteiger partial charge on any atom is 0.143 e. The number of nitrogens with two attached hydrogens (primary N) is 1. The summed E-state index contributed by atoms with van der Waals surface area (Å²) in [5.74, 6) is 0.396. The topological polar surface area (TPSA) is 35.2 Å². The normalized spacial score (nSPS) is 17.7. The molecule has 0 spiro atoms. The number of benzene rings is 1.